The molecule has 0 aliphatic carbocycles. The minimum Gasteiger partial charge on any atom is -0.361 e. The third kappa shape index (κ3) is 1.48. The first kappa shape index (κ1) is 8.75. The Hall–Kier alpha value is -0.830. The van der Waals surface area contributed by atoms with Crippen molar-refractivity contribution in [1.82, 2.24) is 10.5 Å². The highest BCUT2D eigenvalue weighted by Gasteiger charge is 2.23. The highest BCUT2D eigenvalue weighted by atomic mass is 16.5. The minimum atomic E-state index is 0.487. The molecule has 0 bridgehead atoms. The van der Waals surface area contributed by atoms with Gasteiger partial charge in [0.1, 0.15) is 5.76 Å². The molecule has 72 valence electrons. The Balaban J connectivity index is 2.30. The Bertz CT molecular complexity index is 287. The van der Waals surface area contributed by atoms with Crippen LogP contribution in [-0.2, 0) is 6.42 Å². The van der Waals surface area contributed by atoms with Crippen molar-refractivity contribution in [3.05, 3.63) is 17.0 Å². The molecule has 0 aromatic carbocycles. The second kappa shape index (κ2) is 3.50. The van der Waals surface area contributed by atoms with E-state index in [9.17, 15) is 0 Å². The van der Waals surface area contributed by atoms with Crippen LogP contribution in [0.25, 0.3) is 0 Å². The molecular formula is C10H16N2O. The first-order valence-corrected chi connectivity index (χ1v) is 5.01. The van der Waals surface area contributed by atoms with Gasteiger partial charge in [-0.2, -0.15) is 0 Å². The van der Waals surface area contributed by atoms with Crippen LogP contribution < -0.4 is 5.32 Å². The molecule has 0 amide bonds. The van der Waals surface area contributed by atoms with Gasteiger partial charge in [0, 0.05) is 11.6 Å². The first-order valence-electron chi connectivity index (χ1n) is 5.01. The van der Waals surface area contributed by atoms with E-state index in [0.717, 1.165) is 24.4 Å². The molecule has 0 radical (unpaired) electrons. The van der Waals surface area contributed by atoms with Crippen molar-refractivity contribution in [3.8, 4) is 0 Å². The van der Waals surface area contributed by atoms with E-state index in [2.05, 4.69) is 17.4 Å². The summed E-state index contributed by atoms with van der Waals surface area (Å²) in [5.74, 6) is 0.983. The summed E-state index contributed by atoms with van der Waals surface area (Å²) < 4.78 is 5.21. The zero-order chi connectivity index (χ0) is 9.26. The van der Waals surface area contributed by atoms with E-state index in [-0.39, 0.29) is 0 Å². The van der Waals surface area contributed by atoms with Crippen LogP contribution in [0, 0.1) is 6.92 Å². The van der Waals surface area contributed by atoms with Crippen LogP contribution in [0.5, 0.6) is 0 Å². The van der Waals surface area contributed by atoms with E-state index in [0.29, 0.717) is 6.04 Å². The third-order valence-electron chi connectivity index (χ3n) is 2.73. The molecule has 13 heavy (non-hydrogen) atoms. The summed E-state index contributed by atoms with van der Waals surface area (Å²) in [4.78, 5) is 0. The summed E-state index contributed by atoms with van der Waals surface area (Å²) in [6, 6.07) is 0.487. The summed E-state index contributed by atoms with van der Waals surface area (Å²) >= 11 is 0. The van der Waals surface area contributed by atoms with Crippen molar-refractivity contribution in [2.75, 3.05) is 6.54 Å². The molecule has 0 saturated carbocycles. The van der Waals surface area contributed by atoms with Gasteiger partial charge in [-0.3, -0.25) is 0 Å². The molecule has 0 spiro atoms. The molecule has 1 fully saturated rings. The molecule has 1 N–H and O–H groups in total. The van der Waals surface area contributed by atoms with Crippen molar-refractivity contribution in [1.29, 1.82) is 0 Å². The Labute approximate surface area is 78.5 Å². The molecular weight excluding hydrogens is 164 g/mol. The van der Waals surface area contributed by atoms with Gasteiger partial charge in [-0.15, -0.1) is 0 Å². The van der Waals surface area contributed by atoms with Crippen molar-refractivity contribution < 1.29 is 4.52 Å². The predicted molar refractivity (Wildman–Crippen MR) is 50.6 cm³/mol. The van der Waals surface area contributed by atoms with Gasteiger partial charge in [0.2, 0.25) is 0 Å². The van der Waals surface area contributed by atoms with Gasteiger partial charge in [0.05, 0.1) is 5.69 Å². The van der Waals surface area contributed by atoms with Crippen LogP contribution in [0.4, 0.5) is 0 Å². The van der Waals surface area contributed by atoms with Crippen LogP contribution in [0.2, 0.25) is 0 Å². The van der Waals surface area contributed by atoms with Crippen LogP contribution in [0.15, 0.2) is 4.52 Å². The summed E-state index contributed by atoms with van der Waals surface area (Å²) in [5.41, 5.74) is 2.43. The maximum absolute atomic E-state index is 5.21. The van der Waals surface area contributed by atoms with E-state index in [1.807, 2.05) is 6.92 Å². The van der Waals surface area contributed by atoms with Crippen LogP contribution in [0.3, 0.4) is 0 Å². The zero-order valence-corrected chi connectivity index (χ0v) is 8.26. The fraction of sp³-hybridized carbons (Fsp3) is 0.700. The summed E-state index contributed by atoms with van der Waals surface area (Å²) in [7, 11) is 0. The van der Waals surface area contributed by atoms with E-state index < -0.39 is 0 Å². The van der Waals surface area contributed by atoms with E-state index >= 15 is 0 Å². The van der Waals surface area contributed by atoms with Gasteiger partial charge in [-0.05, 0) is 32.7 Å². The summed E-state index contributed by atoms with van der Waals surface area (Å²) in [6.45, 7) is 5.25. The summed E-state index contributed by atoms with van der Waals surface area (Å²) in [5, 5.41) is 7.54. The van der Waals surface area contributed by atoms with Crippen LogP contribution >= 0.6 is 0 Å². The lowest BCUT2D eigenvalue weighted by atomic mass is 10.0. The molecule has 1 unspecified atom stereocenters. The molecule has 3 nitrogen and oxygen atoms in total. The highest BCUT2D eigenvalue weighted by molar-refractivity contribution is 5.26. The highest BCUT2D eigenvalue weighted by Crippen LogP contribution is 2.28. The lowest BCUT2D eigenvalue weighted by Crippen LogP contribution is -2.14. The van der Waals surface area contributed by atoms with E-state index in [4.69, 9.17) is 4.52 Å². The number of nitrogens with zero attached hydrogens (tertiary/aromatic N) is 1. The normalized spacial score (nSPS) is 22.5. The molecule has 1 saturated heterocycles. The topological polar surface area (TPSA) is 38.1 Å². The van der Waals surface area contributed by atoms with E-state index in [1.54, 1.807) is 0 Å². The Kier molecular flexibility index (Phi) is 2.36. The van der Waals surface area contributed by atoms with Gasteiger partial charge in [0.25, 0.3) is 0 Å². The number of nitrogens with one attached hydrogen (secondary N) is 1. The molecule has 2 rings (SSSR count). The predicted octanol–water partition coefficient (Wildman–Crippen LogP) is 1.97. The number of hydrogen-bond acceptors (Lipinski definition) is 3. The second-order valence-electron chi connectivity index (χ2n) is 3.60. The minimum absolute atomic E-state index is 0.487. The standard InChI is InChI=1S/C10H16N2O/c1-3-8-10(7(2)13-12-8)9-5-4-6-11-9/h9,11H,3-6H2,1-2H3. The number of aryl methyl sites for hydroxylation is 2. The van der Waals surface area contributed by atoms with Crippen molar-refractivity contribution in [3.63, 3.8) is 0 Å². The average molecular weight is 180 g/mol. The van der Waals surface area contributed by atoms with Crippen molar-refractivity contribution in [2.45, 2.75) is 39.2 Å². The SMILES string of the molecule is CCc1noc(C)c1C1CCCN1. The molecule has 2 heterocycles. The monoisotopic (exact) mass is 180 g/mol. The Morgan fingerprint density at radius 2 is 2.46 bits per heavy atom. The van der Waals surface area contributed by atoms with Gasteiger partial charge in [-0.25, -0.2) is 0 Å². The van der Waals surface area contributed by atoms with Crippen LogP contribution in [-0.4, -0.2) is 11.7 Å². The summed E-state index contributed by atoms with van der Waals surface area (Å²) in [6.07, 6.45) is 3.44. The molecule has 1 aliphatic rings. The Morgan fingerprint density at radius 3 is 3.08 bits per heavy atom. The molecule has 1 aromatic heterocycles. The quantitative estimate of drug-likeness (QED) is 0.756. The van der Waals surface area contributed by atoms with Crippen molar-refractivity contribution in [2.24, 2.45) is 0 Å². The smallest absolute Gasteiger partial charge is 0.138 e. The fourth-order valence-electron chi connectivity index (χ4n) is 2.06. The van der Waals surface area contributed by atoms with Gasteiger partial charge in [0.15, 0.2) is 0 Å². The largest absolute Gasteiger partial charge is 0.361 e. The Morgan fingerprint density at radius 1 is 1.62 bits per heavy atom. The van der Waals surface area contributed by atoms with Crippen LogP contribution in [0.1, 0.15) is 42.8 Å². The number of rotatable bonds is 2. The molecule has 1 aliphatic heterocycles. The van der Waals surface area contributed by atoms with Crippen molar-refractivity contribution >= 4 is 0 Å². The fourth-order valence-corrected chi connectivity index (χ4v) is 2.06. The van der Waals surface area contributed by atoms with Gasteiger partial charge >= 0.3 is 0 Å². The molecule has 3 heteroatoms. The van der Waals surface area contributed by atoms with E-state index in [1.165, 1.54) is 18.4 Å². The maximum atomic E-state index is 5.21. The number of aromatic nitrogens is 1. The molecule has 1 atom stereocenters. The average Bonchev–Trinajstić information content (AvgIpc) is 2.72. The zero-order valence-electron chi connectivity index (χ0n) is 8.26. The molecule has 1 aromatic rings. The second-order valence-corrected chi connectivity index (χ2v) is 3.60. The third-order valence-corrected chi connectivity index (χ3v) is 2.73. The first-order chi connectivity index (χ1) is 6.33. The number of hydrogen-bond donors (Lipinski definition) is 1. The van der Waals surface area contributed by atoms with Gasteiger partial charge < -0.3 is 9.84 Å². The maximum Gasteiger partial charge on any atom is 0.138 e. The lowest BCUT2D eigenvalue weighted by Gasteiger charge is -2.09. The van der Waals surface area contributed by atoms with Gasteiger partial charge in [-0.1, -0.05) is 12.1 Å². The lowest BCUT2D eigenvalue weighted by molar-refractivity contribution is 0.389.